The van der Waals surface area contributed by atoms with Crippen molar-refractivity contribution >= 4 is 69.6 Å². The molecule has 1 N–H and O–H groups in total. The van der Waals surface area contributed by atoms with Crippen LogP contribution >= 0.6 is 46.4 Å². The summed E-state index contributed by atoms with van der Waals surface area (Å²) in [7, 11) is 1.55. The fraction of sp³-hybridized carbons (Fsp3) is 0.167. The lowest BCUT2D eigenvalue weighted by Crippen LogP contribution is -2.27. The number of rotatable bonds is 5. The lowest BCUT2D eigenvalue weighted by Gasteiger charge is -2.18. The van der Waals surface area contributed by atoms with Crippen molar-refractivity contribution in [3.63, 3.8) is 0 Å². The van der Waals surface area contributed by atoms with Gasteiger partial charge < -0.3 is 10.2 Å². The number of alkyl halides is 2. The van der Waals surface area contributed by atoms with Crippen LogP contribution in [0.3, 0.4) is 0 Å². The highest BCUT2D eigenvalue weighted by atomic mass is 35.5. The summed E-state index contributed by atoms with van der Waals surface area (Å²) in [6.07, 6.45) is 0. The molecule has 9 heteroatoms. The third-order valence-corrected chi connectivity index (χ3v) is 7.25. The highest BCUT2D eigenvalue weighted by Gasteiger charge is 2.67. The van der Waals surface area contributed by atoms with Crippen LogP contribution in [0.25, 0.3) is 0 Å². The molecule has 0 bridgehead atoms. The van der Waals surface area contributed by atoms with Gasteiger partial charge in [0.2, 0.25) is 5.91 Å². The highest BCUT2D eigenvalue weighted by Crippen LogP contribution is 2.65. The largest absolute Gasteiger partial charge is 0.323 e. The standard InChI is InChI=1S/C24H17Cl4FN2O2/c1-31(14-6-3-2-4-7-14)23(33)15-8-5-9-18(21(15)29)30-22(32)20-19(24(20,27)28)13-10-11-16(25)17(26)12-13/h2-12,19-20H,1H3,(H,30,32). The molecule has 33 heavy (non-hydrogen) atoms. The maximum Gasteiger partial charge on any atom is 0.261 e. The van der Waals surface area contributed by atoms with E-state index in [4.69, 9.17) is 46.4 Å². The lowest BCUT2D eigenvalue weighted by atomic mass is 10.1. The van der Waals surface area contributed by atoms with Crippen molar-refractivity contribution < 1.29 is 14.0 Å². The van der Waals surface area contributed by atoms with Gasteiger partial charge in [-0.05, 0) is 42.0 Å². The molecule has 170 valence electrons. The number of nitrogens with zero attached hydrogens (tertiary/aromatic N) is 1. The predicted molar refractivity (Wildman–Crippen MR) is 131 cm³/mol. The number of carbonyl (C=O) groups excluding carboxylic acids is 2. The first-order valence-electron chi connectivity index (χ1n) is 9.88. The number of hydrogen-bond donors (Lipinski definition) is 1. The molecule has 1 saturated carbocycles. The van der Waals surface area contributed by atoms with Gasteiger partial charge in [0.05, 0.1) is 27.2 Å². The summed E-state index contributed by atoms with van der Waals surface area (Å²) in [6.45, 7) is 0. The van der Waals surface area contributed by atoms with Crippen molar-refractivity contribution in [2.45, 2.75) is 10.3 Å². The SMILES string of the molecule is CN(C(=O)c1cccc(NC(=O)C2C(c3ccc(Cl)c(Cl)c3)C2(Cl)Cl)c1F)c1ccccc1. The van der Waals surface area contributed by atoms with Gasteiger partial charge in [-0.25, -0.2) is 4.39 Å². The Morgan fingerprint density at radius 3 is 2.33 bits per heavy atom. The molecule has 0 saturated heterocycles. The molecular weight excluding hydrogens is 509 g/mol. The number of nitrogens with one attached hydrogen (secondary N) is 1. The van der Waals surface area contributed by atoms with Crippen LogP contribution in [0.2, 0.25) is 10.0 Å². The molecule has 2 atom stereocenters. The number of hydrogen-bond acceptors (Lipinski definition) is 2. The molecule has 2 unspecified atom stereocenters. The summed E-state index contributed by atoms with van der Waals surface area (Å²) < 4.78 is 13.8. The normalized spacial score (nSPS) is 18.5. The van der Waals surface area contributed by atoms with E-state index in [1.165, 1.54) is 23.1 Å². The Labute approximate surface area is 210 Å². The molecule has 0 aromatic heterocycles. The molecule has 0 spiro atoms. The van der Waals surface area contributed by atoms with Crippen molar-refractivity contribution in [3.8, 4) is 0 Å². The summed E-state index contributed by atoms with van der Waals surface area (Å²) in [4.78, 5) is 27.1. The molecule has 3 aromatic carbocycles. The quantitative estimate of drug-likeness (QED) is 0.367. The molecule has 2 amide bonds. The Balaban J connectivity index is 1.54. The van der Waals surface area contributed by atoms with Gasteiger partial charge in [0.15, 0.2) is 5.82 Å². The summed E-state index contributed by atoms with van der Waals surface area (Å²) in [5, 5.41) is 3.19. The summed E-state index contributed by atoms with van der Waals surface area (Å²) in [5.74, 6) is -3.37. The molecule has 0 aliphatic heterocycles. The van der Waals surface area contributed by atoms with Crippen LogP contribution in [-0.2, 0) is 4.79 Å². The fourth-order valence-corrected chi connectivity index (χ4v) is 4.86. The van der Waals surface area contributed by atoms with Crippen LogP contribution < -0.4 is 10.2 Å². The second-order valence-electron chi connectivity index (χ2n) is 7.66. The molecule has 0 heterocycles. The molecule has 3 aromatic rings. The van der Waals surface area contributed by atoms with Crippen LogP contribution in [0.5, 0.6) is 0 Å². The third kappa shape index (κ3) is 4.56. The van der Waals surface area contributed by atoms with E-state index >= 15 is 4.39 Å². The van der Waals surface area contributed by atoms with Crippen LogP contribution in [0.15, 0.2) is 66.7 Å². The minimum absolute atomic E-state index is 0.142. The van der Waals surface area contributed by atoms with E-state index < -0.39 is 33.8 Å². The van der Waals surface area contributed by atoms with Gasteiger partial charge in [-0.2, -0.15) is 0 Å². The van der Waals surface area contributed by atoms with E-state index in [1.807, 2.05) is 6.07 Å². The fourth-order valence-electron chi connectivity index (χ4n) is 3.73. The molecule has 1 fully saturated rings. The molecule has 4 nitrogen and oxygen atoms in total. The van der Waals surface area contributed by atoms with Crippen molar-refractivity contribution in [2.75, 3.05) is 17.3 Å². The zero-order chi connectivity index (χ0) is 23.9. The van der Waals surface area contributed by atoms with Crippen molar-refractivity contribution in [1.82, 2.24) is 0 Å². The van der Waals surface area contributed by atoms with E-state index in [2.05, 4.69) is 5.32 Å². The van der Waals surface area contributed by atoms with Crippen molar-refractivity contribution in [2.24, 2.45) is 5.92 Å². The van der Waals surface area contributed by atoms with Gasteiger partial charge in [-0.15, -0.1) is 23.2 Å². The number of benzene rings is 3. The Hall–Kier alpha value is -2.31. The van der Waals surface area contributed by atoms with Crippen LogP contribution in [0.4, 0.5) is 15.8 Å². The van der Waals surface area contributed by atoms with Gasteiger partial charge >= 0.3 is 0 Å². The minimum Gasteiger partial charge on any atom is -0.323 e. The molecule has 1 aliphatic carbocycles. The molecule has 0 radical (unpaired) electrons. The number of halogens is 5. The lowest BCUT2D eigenvalue weighted by molar-refractivity contribution is -0.117. The Bertz CT molecular complexity index is 1240. The average molecular weight is 526 g/mol. The smallest absolute Gasteiger partial charge is 0.261 e. The zero-order valence-corrected chi connectivity index (χ0v) is 20.2. The van der Waals surface area contributed by atoms with E-state index in [0.29, 0.717) is 21.3 Å². The molecule has 4 rings (SSSR count). The summed E-state index contributed by atoms with van der Waals surface area (Å²) in [5.41, 5.74) is 0.923. The van der Waals surface area contributed by atoms with Gasteiger partial charge in [-0.3, -0.25) is 9.59 Å². The summed E-state index contributed by atoms with van der Waals surface area (Å²) >= 11 is 24.8. The minimum atomic E-state index is -1.39. The summed E-state index contributed by atoms with van der Waals surface area (Å²) in [6, 6.07) is 17.9. The first-order chi connectivity index (χ1) is 15.6. The second-order valence-corrected chi connectivity index (χ2v) is 9.92. The second kappa shape index (κ2) is 9.15. The Morgan fingerprint density at radius 1 is 0.970 bits per heavy atom. The van der Waals surface area contributed by atoms with E-state index in [-0.39, 0.29) is 11.3 Å². The number of anilines is 2. The third-order valence-electron chi connectivity index (χ3n) is 5.57. The van der Waals surface area contributed by atoms with Gasteiger partial charge in [-0.1, -0.05) is 53.5 Å². The van der Waals surface area contributed by atoms with Crippen LogP contribution in [-0.4, -0.2) is 23.2 Å². The molecular formula is C24H17Cl4FN2O2. The Morgan fingerprint density at radius 2 is 1.67 bits per heavy atom. The van der Waals surface area contributed by atoms with E-state index in [0.717, 1.165) is 0 Å². The monoisotopic (exact) mass is 524 g/mol. The topological polar surface area (TPSA) is 49.4 Å². The Kier molecular flexibility index (Phi) is 6.61. The van der Waals surface area contributed by atoms with Crippen LogP contribution in [0.1, 0.15) is 21.8 Å². The van der Waals surface area contributed by atoms with Gasteiger partial charge in [0.25, 0.3) is 5.91 Å². The van der Waals surface area contributed by atoms with Crippen molar-refractivity contribution in [3.05, 3.63) is 93.7 Å². The number of amides is 2. The first-order valence-corrected chi connectivity index (χ1v) is 11.4. The first kappa shape index (κ1) is 23.8. The van der Waals surface area contributed by atoms with Crippen LogP contribution in [0, 0.1) is 11.7 Å². The number of carbonyl (C=O) groups is 2. The average Bonchev–Trinajstić information content (AvgIpc) is 3.38. The maximum absolute atomic E-state index is 15.2. The van der Waals surface area contributed by atoms with Gasteiger partial charge in [0, 0.05) is 18.7 Å². The maximum atomic E-state index is 15.2. The van der Waals surface area contributed by atoms with Crippen molar-refractivity contribution in [1.29, 1.82) is 0 Å². The molecule has 1 aliphatic rings. The zero-order valence-electron chi connectivity index (χ0n) is 17.2. The van der Waals surface area contributed by atoms with E-state index in [1.54, 1.807) is 49.5 Å². The van der Waals surface area contributed by atoms with E-state index in [9.17, 15) is 9.59 Å². The predicted octanol–water partition coefficient (Wildman–Crippen LogP) is 6.94. The number of para-hydroxylation sites is 1. The van der Waals surface area contributed by atoms with Gasteiger partial charge in [0.1, 0.15) is 4.33 Å². The highest BCUT2D eigenvalue weighted by molar-refractivity contribution is 6.53.